The van der Waals surface area contributed by atoms with E-state index in [1.54, 1.807) is 0 Å². The number of anilines is 2. The number of H-pyrrole nitrogens is 1. The molecule has 0 aliphatic carbocycles. The summed E-state index contributed by atoms with van der Waals surface area (Å²) in [4.78, 5) is 12.3. The van der Waals surface area contributed by atoms with Crippen molar-refractivity contribution in [2.75, 3.05) is 17.2 Å². The van der Waals surface area contributed by atoms with Crippen LogP contribution in [0.5, 0.6) is 0 Å². The highest BCUT2D eigenvalue weighted by atomic mass is 16.2. The lowest BCUT2D eigenvalue weighted by atomic mass is 9.93. The van der Waals surface area contributed by atoms with Crippen molar-refractivity contribution in [3.8, 4) is 0 Å². The van der Waals surface area contributed by atoms with E-state index >= 15 is 0 Å². The lowest BCUT2D eigenvalue weighted by Gasteiger charge is -2.24. The second-order valence-corrected chi connectivity index (χ2v) is 5.46. The second-order valence-electron chi connectivity index (χ2n) is 5.46. The highest BCUT2D eigenvalue weighted by Gasteiger charge is 2.24. The molecule has 3 N–H and O–H groups in total. The molecule has 5 nitrogen and oxygen atoms in total. The van der Waals surface area contributed by atoms with Crippen LogP contribution in [-0.2, 0) is 17.6 Å². The molecule has 1 aliphatic heterocycles. The van der Waals surface area contributed by atoms with Gasteiger partial charge in [0.15, 0.2) is 5.82 Å². The predicted molar refractivity (Wildman–Crippen MR) is 83.3 cm³/mol. The Labute approximate surface area is 124 Å². The van der Waals surface area contributed by atoms with Crippen molar-refractivity contribution < 1.29 is 4.79 Å². The second kappa shape index (κ2) is 5.99. The maximum atomic E-state index is 12.3. The summed E-state index contributed by atoms with van der Waals surface area (Å²) in [7, 11) is 0. The maximum absolute atomic E-state index is 12.3. The zero-order valence-electron chi connectivity index (χ0n) is 12.1. The summed E-state index contributed by atoms with van der Waals surface area (Å²) < 4.78 is 0. The standard InChI is InChI=1S/C16H20N4O/c1-2-5-13-9-15(20-19-13)18-16(21)12-8-11-6-3-4-7-14(11)17-10-12/h3-4,6-7,9,12,17H,2,5,8,10H2,1H3,(H2,18,19,20,21). The van der Waals surface area contributed by atoms with Crippen LogP contribution in [-0.4, -0.2) is 22.6 Å². The van der Waals surface area contributed by atoms with Gasteiger partial charge in [-0.15, -0.1) is 0 Å². The molecule has 21 heavy (non-hydrogen) atoms. The molecule has 1 atom stereocenters. The Bertz CT molecular complexity index is 635. The summed E-state index contributed by atoms with van der Waals surface area (Å²) in [5.41, 5.74) is 3.38. The molecule has 1 aromatic carbocycles. The largest absolute Gasteiger partial charge is 0.384 e. The smallest absolute Gasteiger partial charge is 0.230 e. The summed E-state index contributed by atoms with van der Waals surface area (Å²) in [6.45, 7) is 2.78. The van der Waals surface area contributed by atoms with Gasteiger partial charge in [0.25, 0.3) is 0 Å². The van der Waals surface area contributed by atoms with Gasteiger partial charge in [-0.3, -0.25) is 9.89 Å². The fourth-order valence-electron chi connectivity index (χ4n) is 2.68. The van der Waals surface area contributed by atoms with Gasteiger partial charge in [-0.25, -0.2) is 0 Å². The molecular weight excluding hydrogens is 264 g/mol. The molecule has 5 heteroatoms. The van der Waals surface area contributed by atoms with Gasteiger partial charge < -0.3 is 10.6 Å². The Morgan fingerprint density at radius 2 is 2.29 bits per heavy atom. The molecule has 1 aliphatic rings. The minimum atomic E-state index is -0.0637. The maximum Gasteiger partial charge on any atom is 0.230 e. The summed E-state index contributed by atoms with van der Waals surface area (Å²) >= 11 is 0. The van der Waals surface area contributed by atoms with Crippen LogP contribution in [0.15, 0.2) is 30.3 Å². The number of carbonyl (C=O) groups is 1. The molecule has 2 aromatic rings. The first-order valence-corrected chi connectivity index (χ1v) is 7.43. The quantitative estimate of drug-likeness (QED) is 0.808. The number of carbonyl (C=O) groups excluding carboxylic acids is 1. The molecule has 0 bridgehead atoms. The molecule has 0 spiro atoms. The van der Waals surface area contributed by atoms with Crippen molar-refractivity contribution in [2.45, 2.75) is 26.2 Å². The van der Waals surface area contributed by atoms with E-state index in [9.17, 15) is 4.79 Å². The molecule has 1 amide bonds. The van der Waals surface area contributed by atoms with Crippen molar-refractivity contribution >= 4 is 17.4 Å². The Kier molecular flexibility index (Phi) is 3.90. The third-order valence-corrected chi connectivity index (χ3v) is 3.79. The van der Waals surface area contributed by atoms with Gasteiger partial charge in [-0.05, 0) is 24.5 Å². The first-order valence-electron chi connectivity index (χ1n) is 7.43. The van der Waals surface area contributed by atoms with Crippen LogP contribution in [0, 0.1) is 5.92 Å². The van der Waals surface area contributed by atoms with Crippen LogP contribution in [0.1, 0.15) is 24.6 Å². The van der Waals surface area contributed by atoms with E-state index < -0.39 is 0 Å². The van der Waals surface area contributed by atoms with Crippen LogP contribution >= 0.6 is 0 Å². The molecule has 0 fully saturated rings. The number of benzene rings is 1. The number of para-hydroxylation sites is 1. The number of amides is 1. The van der Waals surface area contributed by atoms with Crippen molar-refractivity contribution in [1.29, 1.82) is 0 Å². The molecule has 1 aromatic heterocycles. The molecule has 0 saturated carbocycles. The van der Waals surface area contributed by atoms with E-state index in [2.05, 4.69) is 33.8 Å². The highest BCUT2D eigenvalue weighted by molar-refractivity contribution is 5.92. The SMILES string of the molecule is CCCc1cc(NC(=O)C2CNc3ccccc3C2)n[nH]1. The van der Waals surface area contributed by atoms with Gasteiger partial charge in [0, 0.05) is 24.0 Å². The van der Waals surface area contributed by atoms with Crippen LogP contribution in [0.25, 0.3) is 0 Å². The number of fused-ring (bicyclic) bond motifs is 1. The minimum Gasteiger partial charge on any atom is -0.384 e. The zero-order valence-corrected chi connectivity index (χ0v) is 12.1. The number of nitrogens with zero attached hydrogens (tertiary/aromatic N) is 1. The zero-order chi connectivity index (χ0) is 14.7. The third kappa shape index (κ3) is 3.07. The van der Waals surface area contributed by atoms with Crippen molar-refractivity contribution in [1.82, 2.24) is 10.2 Å². The molecule has 3 rings (SSSR count). The van der Waals surface area contributed by atoms with Crippen molar-refractivity contribution in [2.24, 2.45) is 5.92 Å². The number of hydrogen-bond acceptors (Lipinski definition) is 3. The topological polar surface area (TPSA) is 69.8 Å². The van der Waals surface area contributed by atoms with E-state index in [4.69, 9.17) is 0 Å². The third-order valence-electron chi connectivity index (χ3n) is 3.79. The Hall–Kier alpha value is -2.30. The molecule has 110 valence electrons. The van der Waals surface area contributed by atoms with Gasteiger partial charge in [0.05, 0.1) is 5.92 Å². The predicted octanol–water partition coefficient (Wildman–Crippen LogP) is 2.59. The summed E-state index contributed by atoms with van der Waals surface area (Å²) in [6, 6.07) is 10.0. The normalized spacial score (nSPS) is 16.9. The van der Waals surface area contributed by atoms with Crippen LogP contribution in [0.3, 0.4) is 0 Å². The van der Waals surface area contributed by atoms with Gasteiger partial charge in [-0.1, -0.05) is 31.5 Å². The lowest BCUT2D eigenvalue weighted by molar-refractivity contribution is -0.119. The fourth-order valence-corrected chi connectivity index (χ4v) is 2.68. The molecule has 1 unspecified atom stereocenters. The first-order chi connectivity index (χ1) is 10.3. The van der Waals surface area contributed by atoms with E-state index in [-0.39, 0.29) is 11.8 Å². The number of aromatic amines is 1. The molecule has 2 heterocycles. The van der Waals surface area contributed by atoms with Gasteiger partial charge >= 0.3 is 0 Å². The lowest BCUT2D eigenvalue weighted by Crippen LogP contribution is -2.33. The van der Waals surface area contributed by atoms with Crippen LogP contribution < -0.4 is 10.6 Å². The van der Waals surface area contributed by atoms with Crippen LogP contribution in [0.2, 0.25) is 0 Å². The fraction of sp³-hybridized carbons (Fsp3) is 0.375. The Morgan fingerprint density at radius 1 is 1.43 bits per heavy atom. The van der Waals surface area contributed by atoms with E-state index in [1.165, 1.54) is 5.56 Å². The Morgan fingerprint density at radius 3 is 3.14 bits per heavy atom. The van der Waals surface area contributed by atoms with Crippen LogP contribution in [0.4, 0.5) is 11.5 Å². The average Bonchev–Trinajstić information content (AvgIpc) is 2.94. The highest BCUT2D eigenvalue weighted by Crippen LogP contribution is 2.24. The van der Waals surface area contributed by atoms with Gasteiger partial charge in [-0.2, -0.15) is 5.10 Å². The number of hydrogen-bond donors (Lipinski definition) is 3. The van der Waals surface area contributed by atoms with E-state index in [0.29, 0.717) is 12.4 Å². The van der Waals surface area contributed by atoms with E-state index in [1.807, 2.05) is 24.3 Å². The minimum absolute atomic E-state index is 0.0200. The molecular formula is C16H20N4O. The summed E-state index contributed by atoms with van der Waals surface area (Å²) in [5.74, 6) is 0.570. The molecule has 0 saturated heterocycles. The van der Waals surface area contributed by atoms with Crippen molar-refractivity contribution in [3.63, 3.8) is 0 Å². The number of aromatic nitrogens is 2. The van der Waals surface area contributed by atoms with E-state index in [0.717, 1.165) is 30.6 Å². The Balaban J connectivity index is 1.63. The molecule has 0 radical (unpaired) electrons. The summed E-state index contributed by atoms with van der Waals surface area (Å²) in [6.07, 6.45) is 2.77. The monoisotopic (exact) mass is 284 g/mol. The number of rotatable bonds is 4. The summed E-state index contributed by atoms with van der Waals surface area (Å²) in [5, 5.41) is 13.3. The number of nitrogens with one attached hydrogen (secondary N) is 3. The average molecular weight is 284 g/mol. The first kappa shape index (κ1) is 13.7. The van der Waals surface area contributed by atoms with Crippen molar-refractivity contribution in [3.05, 3.63) is 41.6 Å². The number of aryl methyl sites for hydroxylation is 1. The van der Waals surface area contributed by atoms with Gasteiger partial charge in [0.2, 0.25) is 5.91 Å². The van der Waals surface area contributed by atoms with Gasteiger partial charge in [0.1, 0.15) is 0 Å².